The molecule has 5 heteroatoms. The summed E-state index contributed by atoms with van der Waals surface area (Å²) in [4.78, 5) is 7.47. The van der Waals surface area contributed by atoms with Crippen molar-refractivity contribution >= 4 is 45.1 Å². The molecular weight excluding hydrogens is 290 g/mol. The third-order valence-corrected chi connectivity index (χ3v) is 4.49. The van der Waals surface area contributed by atoms with Crippen molar-refractivity contribution in [2.45, 2.75) is 6.54 Å². The molecule has 0 spiro atoms. The highest BCUT2D eigenvalue weighted by molar-refractivity contribution is 7.16. The summed E-state index contributed by atoms with van der Waals surface area (Å²) in [6.07, 6.45) is 3.59. The van der Waals surface area contributed by atoms with Gasteiger partial charge in [-0.25, -0.2) is 0 Å². The Morgan fingerprint density at radius 1 is 1.25 bits per heavy atom. The lowest BCUT2D eigenvalue weighted by molar-refractivity contribution is 0.943. The summed E-state index contributed by atoms with van der Waals surface area (Å²) in [5.41, 5.74) is 8.10. The molecular formula is C15H14ClN3S. The first-order valence-corrected chi connectivity index (χ1v) is 7.42. The van der Waals surface area contributed by atoms with Gasteiger partial charge in [0.05, 0.1) is 22.3 Å². The molecule has 0 aliphatic heterocycles. The summed E-state index contributed by atoms with van der Waals surface area (Å²) in [7, 11) is 2.03. The van der Waals surface area contributed by atoms with Crippen molar-refractivity contribution in [2.75, 3.05) is 17.7 Å². The first kappa shape index (κ1) is 13.2. The average molecular weight is 304 g/mol. The van der Waals surface area contributed by atoms with Crippen molar-refractivity contribution < 1.29 is 0 Å². The van der Waals surface area contributed by atoms with E-state index in [9.17, 15) is 0 Å². The van der Waals surface area contributed by atoms with Gasteiger partial charge in [0.2, 0.25) is 0 Å². The molecule has 0 fully saturated rings. The van der Waals surface area contributed by atoms with Gasteiger partial charge >= 0.3 is 0 Å². The molecule has 1 aromatic carbocycles. The van der Waals surface area contributed by atoms with Gasteiger partial charge in [0.15, 0.2) is 0 Å². The number of fused-ring (bicyclic) bond motifs is 1. The van der Waals surface area contributed by atoms with Gasteiger partial charge in [0, 0.05) is 35.1 Å². The lowest BCUT2D eigenvalue weighted by Crippen LogP contribution is -2.17. The van der Waals surface area contributed by atoms with Crippen LogP contribution in [0.3, 0.4) is 0 Å². The second-order valence-electron chi connectivity index (χ2n) is 4.66. The van der Waals surface area contributed by atoms with E-state index >= 15 is 0 Å². The lowest BCUT2D eigenvalue weighted by atomic mass is 10.1. The third-order valence-electron chi connectivity index (χ3n) is 3.27. The number of thiophene rings is 1. The zero-order valence-electron chi connectivity index (χ0n) is 11.0. The fourth-order valence-corrected chi connectivity index (χ4v) is 3.41. The molecule has 0 aliphatic carbocycles. The Morgan fingerprint density at radius 2 is 2.10 bits per heavy atom. The Bertz CT molecular complexity index is 754. The number of halogens is 1. The highest BCUT2D eigenvalue weighted by Crippen LogP contribution is 2.32. The Balaban J connectivity index is 1.95. The maximum absolute atomic E-state index is 6.29. The summed E-state index contributed by atoms with van der Waals surface area (Å²) in [5.74, 6) is 0. The predicted molar refractivity (Wildman–Crippen MR) is 87.6 cm³/mol. The van der Waals surface area contributed by atoms with Crippen LogP contribution < -0.4 is 10.6 Å². The first-order chi connectivity index (χ1) is 9.65. The lowest BCUT2D eigenvalue weighted by Gasteiger charge is -2.21. The fraction of sp³-hybridized carbons (Fsp3) is 0.133. The summed E-state index contributed by atoms with van der Waals surface area (Å²) in [6, 6.07) is 10.00. The van der Waals surface area contributed by atoms with Crippen LogP contribution in [0.5, 0.6) is 0 Å². The summed E-state index contributed by atoms with van der Waals surface area (Å²) in [5, 5.41) is 2.09. The number of hydrogen-bond acceptors (Lipinski definition) is 4. The van der Waals surface area contributed by atoms with Crippen LogP contribution in [-0.2, 0) is 6.54 Å². The number of pyridine rings is 1. The Kier molecular flexibility index (Phi) is 3.51. The molecule has 3 aromatic rings. The monoisotopic (exact) mass is 303 g/mol. The van der Waals surface area contributed by atoms with Gasteiger partial charge in [-0.15, -0.1) is 11.3 Å². The molecule has 0 atom stereocenters. The van der Waals surface area contributed by atoms with E-state index in [2.05, 4.69) is 9.88 Å². The molecule has 0 aliphatic rings. The predicted octanol–water partition coefficient (Wildman–Crippen LogP) is 4.17. The van der Waals surface area contributed by atoms with Gasteiger partial charge in [0.25, 0.3) is 0 Å². The highest BCUT2D eigenvalue weighted by Gasteiger charge is 2.10. The Labute approximate surface area is 126 Å². The fourth-order valence-electron chi connectivity index (χ4n) is 2.27. The van der Waals surface area contributed by atoms with Gasteiger partial charge in [-0.3, -0.25) is 4.98 Å². The topological polar surface area (TPSA) is 42.2 Å². The van der Waals surface area contributed by atoms with Gasteiger partial charge in [-0.05, 0) is 24.3 Å². The number of nitrogen functional groups attached to an aromatic ring is 1. The van der Waals surface area contributed by atoms with Crippen LogP contribution >= 0.6 is 22.9 Å². The van der Waals surface area contributed by atoms with Crippen LogP contribution in [0.25, 0.3) is 10.8 Å². The maximum atomic E-state index is 6.29. The summed E-state index contributed by atoms with van der Waals surface area (Å²) < 4.78 is 0.811. The molecule has 0 bridgehead atoms. The smallest absolute Gasteiger partial charge is 0.0931 e. The number of benzene rings is 1. The number of anilines is 2. The van der Waals surface area contributed by atoms with Gasteiger partial charge in [-0.1, -0.05) is 17.7 Å². The van der Waals surface area contributed by atoms with E-state index in [0.29, 0.717) is 0 Å². The van der Waals surface area contributed by atoms with Crippen molar-refractivity contribution in [2.24, 2.45) is 0 Å². The summed E-state index contributed by atoms with van der Waals surface area (Å²) >= 11 is 7.56. The van der Waals surface area contributed by atoms with Crippen molar-refractivity contribution in [3.05, 3.63) is 51.9 Å². The Hall–Kier alpha value is -1.78. The normalized spacial score (nSPS) is 10.9. The zero-order valence-corrected chi connectivity index (χ0v) is 12.6. The molecule has 102 valence electrons. The number of aromatic nitrogens is 1. The first-order valence-electron chi connectivity index (χ1n) is 6.22. The van der Waals surface area contributed by atoms with Crippen LogP contribution in [-0.4, -0.2) is 12.0 Å². The molecule has 0 saturated carbocycles. The number of nitrogens with two attached hydrogens (primary N) is 1. The van der Waals surface area contributed by atoms with Gasteiger partial charge in [-0.2, -0.15) is 0 Å². The Morgan fingerprint density at radius 3 is 2.85 bits per heavy atom. The minimum atomic E-state index is 0.787. The number of nitrogens with zero attached hydrogens (tertiary/aromatic N) is 2. The van der Waals surface area contributed by atoms with Crippen molar-refractivity contribution in [1.29, 1.82) is 0 Å². The summed E-state index contributed by atoms with van der Waals surface area (Å²) in [6.45, 7) is 0.790. The molecule has 2 heterocycles. The van der Waals surface area contributed by atoms with E-state index in [1.54, 1.807) is 17.5 Å². The molecule has 0 radical (unpaired) electrons. The molecule has 3 rings (SSSR count). The van der Waals surface area contributed by atoms with Crippen LogP contribution in [0.4, 0.5) is 11.4 Å². The quantitative estimate of drug-likeness (QED) is 0.738. The molecule has 0 saturated heterocycles. The van der Waals surface area contributed by atoms with E-state index in [-0.39, 0.29) is 0 Å². The maximum Gasteiger partial charge on any atom is 0.0931 e. The van der Waals surface area contributed by atoms with E-state index < -0.39 is 0 Å². The third kappa shape index (κ3) is 2.44. The van der Waals surface area contributed by atoms with Crippen molar-refractivity contribution in [1.82, 2.24) is 4.98 Å². The molecule has 3 nitrogen and oxygen atoms in total. The van der Waals surface area contributed by atoms with E-state index in [0.717, 1.165) is 33.0 Å². The van der Waals surface area contributed by atoms with Crippen molar-refractivity contribution in [3.63, 3.8) is 0 Å². The van der Waals surface area contributed by atoms with Gasteiger partial charge in [0.1, 0.15) is 0 Å². The molecule has 2 aromatic heterocycles. The van der Waals surface area contributed by atoms with E-state index in [1.807, 2.05) is 43.6 Å². The highest BCUT2D eigenvalue weighted by atomic mass is 35.5. The minimum absolute atomic E-state index is 0.787. The molecule has 0 amide bonds. The van der Waals surface area contributed by atoms with E-state index in [1.165, 1.54) is 4.88 Å². The van der Waals surface area contributed by atoms with Crippen LogP contribution in [0.15, 0.2) is 42.7 Å². The average Bonchev–Trinajstić information content (AvgIpc) is 2.84. The molecule has 20 heavy (non-hydrogen) atoms. The largest absolute Gasteiger partial charge is 0.397 e. The second-order valence-corrected chi connectivity index (χ2v) is 6.46. The SMILES string of the molecule is CN(Cc1ccc(Cl)s1)c1ccc2cnccc2c1N. The molecule has 2 N–H and O–H groups in total. The number of rotatable bonds is 3. The zero-order chi connectivity index (χ0) is 14.1. The van der Waals surface area contributed by atoms with Crippen molar-refractivity contribution in [3.8, 4) is 0 Å². The van der Waals surface area contributed by atoms with Gasteiger partial charge < -0.3 is 10.6 Å². The number of hydrogen-bond donors (Lipinski definition) is 1. The molecule has 0 unspecified atom stereocenters. The minimum Gasteiger partial charge on any atom is -0.397 e. The van der Waals surface area contributed by atoms with Crippen LogP contribution in [0.1, 0.15) is 4.88 Å². The van der Waals surface area contributed by atoms with Crippen LogP contribution in [0.2, 0.25) is 4.34 Å². The second kappa shape index (κ2) is 5.31. The van der Waals surface area contributed by atoms with E-state index in [4.69, 9.17) is 17.3 Å². The standard InChI is InChI=1S/C15H14ClN3S/c1-19(9-11-3-5-14(16)20-11)13-4-2-10-8-18-7-6-12(10)15(13)17/h2-8H,9,17H2,1H3. The van der Waals surface area contributed by atoms with Crippen LogP contribution in [0, 0.1) is 0 Å².